The van der Waals surface area contributed by atoms with E-state index in [4.69, 9.17) is 0 Å². The van der Waals surface area contributed by atoms with Crippen LogP contribution in [0.4, 0.5) is 5.69 Å². The van der Waals surface area contributed by atoms with Crippen molar-refractivity contribution in [3.63, 3.8) is 0 Å². The van der Waals surface area contributed by atoms with Crippen LogP contribution in [0.1, 0.15) is 29.3 Å². The number of aryl methyl sites for hydroxylation is 3. The number of rotatable bonds is 5. The van der Waals surface area contributed by atoms with E-state index in [1.54, 1.807) is 4.68 Å². The van der Waals surface area contributed by atoms with E-state index >= 15 is 0 Å². The molecule has 0 radical (unpaired) electrons. The normalized spacial score (nSPS) is 15.0. The molecule has 1 atom stereocenters. The smallest absolute Gasteiger partial charge is 0.307 e. The van der Waals surface area contributed by atoms with Crippen LogP contribution in [0.25, 0.3) is 22.4 Å². The maximum atomic E-state index is 11.4. The Morgan fingerprint density at radius 1 is 1.22 bits per heavy atom. The molecule has 0 saturated carbocycles. The number of aliphatic carboxylic acids is 1. The third-order valence-electron chi connectivity index (χ3n) is 5.94. The van der Waals surface area contributed by atoms with Gasteiger partial charge in [0.15, 0.2) is 0 Å². The average Bonchev–Trinajstić information content (AvgIpc) is 3.33. The monoisotopic (exact) mass is 428 g/mol. The van der Waals surface area contributed by atoms with Crippen LogP contribution in [-0.4, -0.2) is 35.9 Å². The van der Waals surface area contributed by atoms with E-state index in [1.807, 2.05) is 55.3 Å². The Kier molecular flexibility index (Phi) is 4.97. The van der Waals surface area contributed by atoms with E-state index in [2.05, 4.69) is 38.9 Å². The predicted molar refractivity (Wildman–Crippen MR) is 121 cm³/mol. The molecule has 0 aliphatic carbocycles. The lowest BCUT2D eigenvalue weighted by Crippen LogP contribution is -2.15. The average molecular weight is 428 g/mol. The van der Waals surface area contributed by atoms with Gasteiger partial charge in [0.2, 0.25) is 0 Å². The number of hydrogen-bond acceptors (Lipinski definition) is 5. The van der Waals surface area contributed by atoms with Crippen molar-refractivity contribution < 1.29 is 9.90 Å². The quantitative estimate of drug-likeness (QED) is 0.501. The topological polar surface area (TPSA) is 97.9 Å². The first-order valence-electron chi connectivity index (χ1n) is 10.6. The van der Waals surface area contributed by atoms with Crippen molar-refractivity contribution >= 4 is 11.7 Å². The Balaban J connectivity index is 1.61. The molecule has 2 aromatic carbocycles. The van der Waals surface area contributed by atoms with Crippen molar-refractivity contribution in [1.29, 1.82) is 0 Å². The number of fused-ring (bicyclic) bond motifs is 3. The van der Waals surface area contributed by atoms with Crippen molar-refractivity contribution in [2.75, 3.05) is 5.32 Å². The number of anilines is 1. The largest absolute Gasteiger partial charge is 0.481 e. The summed E-state index contributed by atoms with van der Waals surface area (Å²) in [6.07, 6.45) is 4.63. The lowest BCUT2D eigenvalue weighted by Gasteiger charge is -2.23. The van der Waals surface area contributed by atoms with Gasteiger partial charge in [0.05, 0.1) is 30.0 Å². The molecule has 8 heteroatoms. The minimum absolute atomic E-state index is 0.0160. The molecule has 0 saturated heterocycles. The van der Waals surface area contributed by atoms with Gasteiger partial charge in [-0.2, -0.15) is 5.10 Å². The van der Waals surface area contributed by atoms with Crippen LogP contribution in [0.5, 0.6) is 0 Å². The summed E-state index contributed by atoms with van der Waals surface area (Å²) in [5.41, 5.74) is 7.89. The zero-order valence-corrected chi connectivity index (χ0v) is 18.0. The van der Waals surface area contributed by atoms with E-state index in [0.717, 1.165) is 51.3 Å². The van der Waals surface area contributed by atoms with E-state index in [0.29, 0.717) is 6.54 Å². The zero-order valence-electron chi connectivity index (χ0n) is 18.0. The van der Waals surface area contributed by atoms with Crippen molar-refractivity contribution in [3.8, 4) is 22.4 Å². The molecule has 2 aromatic heterocycles. The number of nitrogens with zero attached hydrogens (tertiary/aromatic N) is 5. The summed E-state index contributed by atoms with van der Waals surface area (Å²) in [5.74, 6) is -0.846. The third-order valence-corrected chi connectivity index (χ3v) is 5.94. The molecular weight excluding hydrogens is 404 g/mol. The van der Waals surface area contributed by atoms with E-state index < -0.39 is 5.97 Å². The summed E-state index contributed by atoms with van der Waals surface area (Å²) in [6, 6.07) is 14.0. The van der Waals surface area contributed by atoms with Crippen molar-refractivity contribution in [3.05, 3.63) is 71.7 Å². The fraction of sp³-hybridized carbons (Fsp3) is 0.250. The summed E-state index contributed by atoms with van der Waals surface area (Å²) in [6.45, 7) is 2.69. The van der Waals surface area contributed by atoms with Crippen LogP contribution < -0.4 is 5.32 Å². The first-order valence-corrected chi connectivity index (χ1v) is 10.6. The fourth-order valence-electron chi connectivity index (χ4n) is 4.43. The minimum Gasteiger partial charge on any atom is -0.481 e. The van der Waals surface area contributed by atoms with Gasteiger partial charge in [-0.25, -0.2) is 4.68 Å². The van der Waals surface area contributed by atoms with Gasteiger partial charge in [-0.1, -0.05) is 35.5 Å². The van der Waals surface area contributed by atoms with Crippen LogP contribution in [0.15, 0.2) is 54.9 Å². The summed E-state index contributed by atoms with van der Waals surface area (Å²) in [5, 5.41) is 25.9. The third kappa shape index (κ3) is 3.64. The second-order valence-corrected chi connectivity index (χ2v) is 8.16. The van der Waals surface area contributed by atoms with Crippen LogP contribution in [-0.2, 0) is 24.8 Å². The van der Waals surface area contributed by atoms with E-state index in [-0.39, 0.29) is 12.5 Å². The molecule has 5 rings (SSSR count). The zero-order chi connectivity index (χ0) is 22.2. The van der Waals surface area contributed by atoms with E-state index in [1.165, 1.54) is 0 Å². The number of carboxylic acids is 1. The maximum absolute atomic E-state index is 11.4. The number of benzene rings is 2. The van der Waals surface area contributed by atoms with Gasteiger partial charge in [0.25, 0.3) is 0 Å². The highest BCUT2D eigenvalue weighted by atomic mass is 16.4. The molecule has 0 spiro atoms. The van der Waals surface area contributed by atoms with E-state index in [9.17, 15) is 9.90 Å². The Morgan fingerprint density at radius 3 is 2.84 bits per heavy atom. The highest BCUT2D eigenvalue weighted by molar-refractivity contribution is 5.76. The van der Waals surface area contributed by atoms with Crippen molar-refractivity contribution in [2.45, 2.75) is 32.4 Å². The molecule has 0 amide bonds. The number of carbonyl (C=O) groups is 1. The second kappa shape index (κ2) is 7.96. The number of aromatic nitrogens is 5. The van der Waals surface area contributed by atoms with Crippen LogP contribution >= 0.6 is 0 Å². The first-order chi connectivity index (χ1) is 15.5. The summed E-state index contributed by atoms with van der Waals surface area (Å²) in [4.78, 5) is 11.4. The second-order valence-electron chi connectivity index (χ2n) is 8.16. The Labute approximate surface area is 185 Å². The molecule has 162 valence electrons. The van der Waals surface area contributed by atoms with Gasteiger partial charge >= 0.3 is 5.97 Å². The molecule has 32 heavy (non-hydrogen) atoms. The SMILES string of the molecule is Cc1nnn2c1-c1ccc(-c3cnn(C)c3)cc1C(Nc1ccccc1CC(=O)O)CC2. The highest BCUT2D eigenvalue weighted by Crippen LogP contribution is 2.39. The summed E-state index contributed by atoms with van der Waals surface area (Å²) in [7, 11) is 1.91. The number of para-hydroxylation sites is 1. The van der Waals surface area contributed by atoms with Crippen molar-refractivity contribution in [1.82, 2.24) is 24.8 Å². The number of hydrogen-bond donors (Lipinski definition) is 2. The van der Waals surface area contributed by atoms with Gasteiger partial charge in [0.1, 0.15) is 0 Å². The Morgan fingerprint density at radius 2 is 2.06 bits per heavy atom. The van der Waals surface area contributed by atoms with Crippen LogP contribution in [0.3, 0.4) is 0 Å². The highest BCUT2D eigenvalue weighted by Gasteiger charge is 2.26. The van der Waals surface area contributed by atoms with Gasteiger partial charge in [0, 0.05) is 36.6 Å². The molecule has 2 N–H and O–H groups in total. The predicted octanol–water partition coefficient (Wildman–Crippen LogP) is 3.84. The van der Waals surface area contributed by atoms with Crippen LogP contribution in [0.2, 0.25) is 0 Å². The molecule has 4 aromatic rings. The molecule has 1 aliphatic rings. The minimum atomic E-state index is -0.846. The molecule has 1 unspecified atom stereocenters. The fourth-order valence-corrected chi connectivity index (χ4v) is 4.43. The molecular formula is C24H24N6O2. The number of nitrogens with one attached hydrogen (secondary N) is 1. The lowest BCUT2D eigenvalue weighted by molar-refractivity contribution is -0.136. The van der Waals surface area contributed by atoms with Gasteiger partial charge in [-0.3, -0.25) is 9.48 Å². The molecule has 0 bridgehead atoms. The first kappa shape index (κ1) is 20.0. The standard InChI is InChI=1S/C24H24N6O2/c1-15-24-19-8-7-16(18-13-25-29(2)14-18)11-20(19)22(9-10-30(24)28-27-15)26-21-6-4-3-5-17(21)12-23(31)32/h3-8,11,13-14,22,26H,9-10,12H2,1-2H3,(H,31,32). The molecule has 3 heterocycles. The van der Waals surface area contributed by atoms with Gasteiger partial charge < -0.3 is 10.4 Å². The molecule has 8 nitrogen and oxygen atoms in total. The van der Waals surface area contributed by atoms with Crippen molar-refractivity contribution in [2.24, 2.45) is 7.05 Å². The lowest BCUT2D eigenvalue weighted by atomic mass is 9.92. The Hall–Kier alpha value is -3.94. The molecule has 0 fully saturated rings. The van der Waals surface area contributed by atoms with Gasteiger partial charge in [-0.15, -0.1) is 5.10 Å². The van der Waals surface area contributed by atoms with Gasteiger partial charge in [-0.05, 0) is 42.2 Å². The Bertz CT molecular complexity index is 1310. The maximum Gasteiger partial charge on any atom is 0.307 e. The number of carboxylic acid groups (broad SMARTS) is 1. The summed E-state index contributed by atoms with van der Waals surface area (Å²) >= 11 is 0. The molecule has 1 aliphatic heterocycles. The summed E-state index contributed by atoms with van der Waals surface area (Å²) < 4.78 is 3.75. The van der Waals surface area contributed by atoms with Crippen LogP contribution in [0, 0.1) is 6.92 Å².